The van der Waals surface area contributed by atoms with E-state index in [1.54, 1.807) is 13.1 Å². The molecule has 0 radical (unpaired) electrons. The summed E-state index contributed by atoms with van der Waals surface area (Å²) in [5.41, 5.74) is 3.56. The fourth-order valence-electron chi connectivity index (χ4n) is 4.50. The zero-order chi connectivity index (χ0) is 31.6. The Morgan fingerprint density at radius 1 is 0.953 bits per heavy atom. The van der Waals surface area contributed by atoms with Gasteiger partial charge < -0.3 is 35.8 Å². The molecule has 1 unspecified atom stereocenters. The number of carbonyl (C=O) groups is 4. The number of hydroxylamine groups is 1. The standard InChI is InChI=1S/C29H44N6O8/c1-5-30-28(38)35-43-18-23(36)33-22(15-8-9-16-32-29(39)40)26(37)34-24(19(4)27(41-6-2)42-7-3)21-14-10-12-20-13-11-17-31-25(20)21/h10-14,17,19,22,24,27,32H,5-9,15-16,18H2,1-4H3,(H,33,36)(H,34,37)(H,39,40)(H2,30,35,38)/t19-,22-,24?/m0/s1. The zero-order valence-electron chi connectivity index (χ0n) is 25.2. The molecule has 14 nitrogen and oxygen atoms in total. The molecule has 5 amide bonds. The first-order valence-electron chi connectivity index (χ1n) is 14.5. The Labute approximate surface area is 251 Å². The van der Waals surface area contributed by atoms with Crippen molar-refractivity contribution >= 4 is 34.8 Å². The number of para-hydroxylation sites is 1. The van der Waals surface area contributed by atoms with Gasteiger partial charge in [0.1, 0.15) is 6.04 Å². The van der Waals surface area contributed by atoms with Gasteiger partial charge in [0.25, 0.3) is 0 Å². The lowest BCUT2D eigenvalue weighted by molar-refractivity contribution is -0.170. The van der Waals surface area contributed by atoms with Gasteiger partial charge in [-0.15, -0.1) is 0 Å². The van der Waals surface area contributed by atoms with Crippen molar-refractivity contribution in [3.8, 4) is 0 Å². The third-order valence-corrected chi connectivity index (χ3v) is 6.47. The number of unbranched alkanes of at least 4 members (excludes halogenated alkanes) is 1. The molecule has 43 heavy (non-hydrogen) atoms. The van der Waals surface area contributed by atoms with Gasteiger partial charge >= 0.3 is 12.1 Å². The number of rotatable bonds is 19. The van der Waals surface area contributed by atoms with Gasteiger partial charge in [-0.2, -0.15) is 0 Å². The fraction of sp³-hybridized carbons (Fsp3) is 0.552. The van der Waals surface area contributed by atoms with Crippen LogP contribution in [-0.4, -0.2) is 79.3 Å². The molecule has 1 heterocycles. The highest BCUT2D eigenvalue weighted by Gasteiger charge is 2.33. The van der Waals surface area contributed by atoms with E-state index < -0.39 is 48.9 Å². The van der Waals surface area contributed by atoms with E-state index in [2.05, 4.69) is 31.7 Å². The number of amides is 5. The maximum absolute atomic E-state index is 13.8. The average molecular weight is 605 g/mol. The number of aromatic nitrogens is 1. The number of carbonyl (C=O) groups excluding carboxylic acids is 3. The van der Waals surface area contributed by atoms with Crippen LogP contribution in [-0.2, 0) is 23.9 Å². The lowest BCUT2D eigenvalue weighted by atomic mass is 9.91. The van der Waals surface area contributed by atoms with E-state index in [-0.39, 0.29) is 18.9 Å². The highest BCUT2D eigenvalue weighted by Crippen LogP contribution is 2.31. The normalized spacial score (nSPS) is 13.1. The van der Waals surface area contributed by atoms with E-state index in [0.29, 0.717) is 38.1 Å². The van der Waals surface area contributed by atoms with E-state index in [0.717, 1.165) is 10.9 Å². The van der Waals surface area contributed by atoms with Crippen molar-refractivity contribution in [3.05, 3.63) is 42.1 Å². The summed E-state index contributed by atoms with van der Waals surface area (Å²) in [6, 6.07) is 7.27. The van der Waals surface area contributed by atoms with Crippen LogP contribution in [0.4, 0.5) is 9.59 Å². The number of nitrogens with one attached hydrogen (secondary N) is 5. The molecule has 2 rings (SSSR count). The number of urea groups is 1. The summed E-state index contributed by atoms with van der Waals surface area (Å²) in [7, 11) is 0. The van der Waals surface area contributed by atoms with Gasteiger partial charge in [-0.1, -0.05) is 31.2 Å². The molecule has 3 atom stereocenters. The number of ether oxygens (including phenoxy) is 2. The largest absolute Gasteiger partial charge is 0.465 e. The van der Waals surface area contributed by atoms with Crippen LogP contribution in [0.2, 0.25) is 0 Å². The molecule has 0 fully saturated rings. The second-order valence-corrected chi connectivity index (χ2v) is 9.64. The van der Waals surface area contributed by atoms with Crippen molar-refractivity contribution in [2.75, 3.05) is 32.9 Å². The van der Waals surface area contributed by atoms with Crippen LogP contribution in [0.15, 0.2) is 36.5 Å². The molecule has 1 aromatic carbocycles. The number of benzene rings is 1. The summed E-state index contributed by atoms with van der Waals surface area (Å²) < 4.78 is 11.8. The highest BCUT2D eigenvalue weighted by molar-refractivity contribution is 5.89. The van der Waals surface area contributed by atoms with Crippen molar-refractivity contribution < 1.29 is 38.6 Å². The van der Waals surface area contributed by atoms with Crippen LogP contribution in [0, 0.1) is 5.92 Å². The third-order valence-electron chi connectivity index (χ3n) is 6.47. The summed E-state index contributed by atoms with van der Waals surface area (Å²) in [6.45, 7) is 8.21. The first-order valence-corrected chi connectivity index (χ1v) is 14.5. The second-order valence-electron chi connectivity index (χ2n) is 9.64. The minimum Gasteiger partial charge on any atom is -0.465 e. The molecule has 0 aliphatic carbocycles. The van der Waals surface area contributed by atoms with Gasteiger partial charge in [-0.3, -0.25) is 19.4 Å². The molecule has 6 N–H and O–H groups in total. The summed E-state index contributed by atoms with van der Waals surface area (Å²) in [4.78, 5) is 58.4. The fourth-order valence-corrected chi connectivity index (χ4v) is 4.50. The van der Waals surface area contributed by atoms with Gasteiger partial charge in [0.15, 0.2) is 12.9 Å². The van der Waals surface area contributed by atoms with Crippen molar-refractivity contribution in [2.45, 2.75) is 65.3 Å². The van der Waals surface area contributed by atoms with E-state index in [1.165, 1.54) is 0 Å². The monoisotopic (exact) mass is 604 g/mol. The van der Waals surface area contributed by atoms with Gasteiger partial charge in [-0.05, 0) is 46.1 Å². The van der Waals surface area contributed by atoms with E-state index in [1.807, 2.05) is 51.1 Å². The van der Waals surface area contributed by atoms with Gasteiger partial charge in [0.05, 0.1) is 11.6 Å². The molecule has 238 valence electrons. The average Bonchev–Trinajstić information content (AvgIpc) is 2.98. The summed E-state index contributed by atoms with van der Waals surface area (Å²) >= 11 is 0. The molecule has 1 aromatic heterocycles. The Morgan fingerprint density at radius 3 is 2.35 bits per heavy atom. The van der Waals surface area contributed by atoms with Crippen LogP contribution in [0.5, 0.6) is 0 Å². The number of pyridine rings is 1. The van der Waals surface area contributed by atoms with Crippen LogP contribution in [0.3, 0.4) is 0 Å². The van der Waals surface area contributed by atoms with Crippen molar-refractivity contribution in [1.29, 1.82) is 0 Å². The molecular formula is C29H44N6O8. The Morgan fingerprint density at radius 2 is 1.67 bits per heavy atom. The molecule has 0 saturated heterocycles. The second kappa shape index (κ2) is 19.2. The van der Waals surface area contributed by atoms with Crippen molar-refractivity contribution in [3.63, 3.8) is 0 Å². The van der Waals surface area contributed by atoms with Crippen LogP contribution >= 0.6 is 0 Å². The van der Waals surface area contributed by atoms with Crippen LogP contribution in [0.1, 0.15) is 58.6 Å². The topological polar surface area (TPSA) is 189 Å². The minimum absolute atomic E-state index is 0.197. The number of hydrogen-bond acceptors (Lipinski definition) is 8. The third kappa shape index (κ3) is 12.0. The van der Waals surface area contributed by atoms with E-state index in [4.69, 9.17) is 19.4 Å². The molecule has 0 aliphatic rings. The smallest absolute Gasteiger partial charge is 0.404 e. The summed E-state index contributed by atoms with van der Waals surface area (Å²) in [5, 5.41) is 20.2. The molecule has 0 spiro atoms. The Balaban J connectivity index is 2.31. The van der Waals surface area contributed by atoms with Gasteiger partial charge in [0.2, 0.25) is 11.8 Å². The molecule has 14 heteroatoms. The predicted molar refractivity (Wildman–Crippen MR) is 159 cm³/mol. The SMILES string of the molecule is CCNC(=O)NOCC(=O)N[C@@H](CCCCNC(=O)O)C(=O)NC(c1cccc2cccnc12)[C@H](C)C(OCC)OCC. The number of nitrogens with zero attached hydrogens (tertiary/aromatic N) is 1. The van der Waals surface area contributed by atoms with Crippen LogP contribution in [0.25, 0.3) is 10.9 Å². The maximum Gasteiger partial charge on any atom is 0.404 e. The predicted octanol–water partition coefficient (Wildman–Crippen LogP) is 2.60. The summed E-state index contributed by atoms with van der Waals surface area (Å²) in [6.07, 6.45) is 1.01. The molecule has 0 bridgehead atoms. The lowest BCUT2D eigenvalue weighted by Crippen LogP contribution is -2.51. The van der Waals surface area contributed by atoms with Gasteiger partial charge in [0, 0.05) is 49.4 Å². The Hall–Kier alpha value is -4.01. The van der Waals surface area contributed by atoms with Crippen LogP contribution < -0.4 is 26.7 Å². The van der Waals surface area contributed by atoms with Gasteiger partial charge in [-0.25, -0.2) is 15.1 Å². The first-order chi connectivity index (χ1) is 20.7. The maximum atomic E-state index is 13.8. The Kier molecular flexibility index (Phi) is 15.7. The molecule has 0 saturated carbocycles. The molecular weight excluding hydrogens is 560 g/mol. The van der Waals surface area contributed by atoms with Crippen molar-refractivity contribution in [2.24, 2.45) is 5.92 Å². The summed E-state index contributed by atoms with van der Waals surface area (Å²) in [5.74, 6) is -1.46. The van der Waals surface area contributed by atoms with Crippen molar-refractivity contribution in [1.82, 2.24) is 31.7 Å². The molecule has 2 aromatic rings. The highest BCUT2D eigenvalue weighted by atomic mass is 16.7. The number of carboxylic acid groups (broad SMARTS) is 1. The number of fused-ring (bicyclic) bond motifs is 1. The number of hydrogen-bond donors (Lipinski definition) is 6. The first kappa shape index (κ1) is 35.2. The van der Waals surface area contributed by atoms with E-state index in [9.17, 15) is 19.2 Å². The van der Waals surface area contributed by atoms with E-state index >= 15 is 0 Å². The zero-order valence-corrected chi connectivity index (χ0v) is 25.2. The minimum atomic E-state index is -1.14. The lowest BCUT2D eigenvalue weighted by Gasteiger charge is -2.33. The quantitative estimate of drug-likeness (QED) is 0.0795. The Bertz CT molecular complexity index is 1170. The molecule has 0 aliphatic heterocycles.